The van der Waals surface area contributed by atoms with Crippen molar-refractivity contribution in [1.29, 1.82) is 0 Å². The molecule has 0 heterocycles. The Kier molecular flexibility index (Phi) is 7.39. The van der Waals surface area contributed by atoms with E-state index in [0.29, 0.717) is 5.56 Å². The predicted molar refractivity (Wildman–Crippen MR) is 103 cm³/mol. The summed E-state index contributed by atoms with van der Waals surface area (Å²) in [6.07, 6.45) is 4.78. The van der Waals surface area contributed by atoms with Crippen LogP contribution in [0.15, 0.2) is 48.5 Å². The predicted octanol–water partition coefficient (Wildman–Crippen LogP) is 5.50. The van der Waals surface area contributed by atoms with Gasteiger partial charge in [0.15, 0.2) is 0 Å². The van der Waals surface area contributed by atoms with Gasteiger partial charge in [0.05, 0.1) is 12.2 Å². The summed E-state index contributed by atoms with van der Waals surface area (Å²) in [6.45, 7) is 2.94. The minimum atomic E-state index is -0.0942. The Balaban J connectivity index is 1.85. The molecule has 4 heteroatoms. The highest BCUT2D eigenvalue weighted by Crippen LogP contribution is 2.18. The van der Waals surface area contributed by atoms with Crippen LogP contribution in [0, 0.1) is 3.57 Å². The first kappa shape index (κ1) is 17.8. The van der Waals surface area contributed by atoms with Crippen molar-refractivity contribution in [2.24, 2.45) is 0 Å². The molecule has 122 valence electrons. The summed E-state index contributed by atoms with van der Waals surface area (Å²) in [4.78, 5) is 12.2. The molecule has 0 saturated carbocycles. The van der Waals surface area contributed by atoms with Crippen molar-refractivity contribution in [3.05, 3.63) is 57.7 Å². The first-order chi connectivity index (χ1) is 11.2. The van der Waals surface area contributed by atoms with Crippen molar-refractivity contribution in [1.82, 2.24) is 0 Å². The van der Waals surface area contributed by atoms with E-state index >= 15 is 0 Å². The zero-order valence-electron chi connectivity index (χ0n) is 13.3. The largest absolute Gasteiger partial charge is 0.494 e. The number of carbonyl (C=O) groups is 1. The zero-order chi connectivity index (χ0) is 16.5. The summed E-state index contributed by atoms with van der Waals surface area (Å²) in [5.74, 6) is 0.747. The maximum Gasteiger partial charge on any atom is 0.256 e. The van der Waals surface area contributed by atoms with Gasteiger partial charge in [0.1, 0.15) is 5.75 Å². The summed E-state index contributed by atoms with van der Waals surface area (Å²) >= 11 is 2.17. The second-order valence-corrected chi connectivity index (χ2v) is 6.53. The third-order valence-electron chi connectivity index (χ3n) is 3.50. The molecule has 0 unspecified atom stereocenters. The van der Waals surface area contributed by atoms with Gasteiger partial charge in [-0.05, 0) is 65.4 Å². The van der Waals surface area contributed by atoms with E-state index in [0.717, 1.165) is 28.0 Å². The molecule has 1 amide bonds. The molecule has 0 aliphatic carbocycles. The molecule has 0 aliphatic heterocycles. The molecule has 0 radical (unpaired) electrons. The number of amides is 1. The number of unbranched alkanes of at least 4 members (excludes halogenated alkanes) is 3. The van der Waals surface area contributed by atoms with Gasteiger partial charge in [-0.25, -0.2) is 0 Å². The van der Waals surface area contributed by atoms with Gasteiger partial charge in [0.2, 0.25) is 0 Å². The van der Waals surface area contributed by atoms with Crippen LogP contribution in [0.3, 0.4) is 0 Å². The van der Waals surface area contributed by atoms with Crippen LogP contribution in [0.1, 0.15) is 43.0 Å². The summed E-state index contributed by atoms with van der Waals surface area (Å²) in [5, 5.41) is 2.91. The summed E-state index contributed by atoms with van der Waals surface area (Å²) in [5.41, 5.74) is 1.46. The maximum atomic E-state index is 12.2. The topological polar surface area (TPSA) is 38.3 Å². The molecule has 0 spiro atoms. The van der Waals surface area contributed by atoms with Crippen molar-refractivity contribution in [3.63, 3.8) is 0 Å². The Hall–Kier alpha value is -1.56. The molecule has 0 aliphatic rings. The molecular formula is C19H22INO2. The maximum absolute atomic E-state index is 12.2. The number of halogens is 1. The lowest BCUT2D eigenvalue weighted by Crippen LogP contribution is -2.13. The van der Waals surface area contributed by atoms with E-state index < -0.39 is 0 Å². The van der Waals surface area contributed by atoms with Gasteiger partial charge in [-0.1, -0.05) is 38.3 Å². The number of hydrogen-bond donors (Lipinski definition) is 1. The van der Waals surface area contributed by atoms with Gasteiger partial charge >= 0.3 is 0 Å². The number of nitrogens with one attached hydrogen (secondary N) is 1. The summed E-state index contributed by atoms with van der Waals surface area (Å²) in [6, 6.07) is 15.1. The minimum absolute atomic E-state index is 0.0942. The van der Waals surface area contributed by atoms with E-state index in [1.165, 1.54) is 19.3 Å². The zero-order valence-corrected chi connectivity index (χ0v) is 15.5. The minimum Gasteiger partial charge on any atom is -0.494 e. The van der Waals surface area contributed by atoms with Crippen molar-refractivity contribution in [3.8, 4) is 5.75 Å². The van der Waals surface area contributed by atoms with Crippen molar-refractivity contribution in [2.45, 2.75) is 32.6 Å². The van der Waals surface area contributed by atoms with E-state index in [1.807, 2.05) is 48.5 Å². The van der Waals surface area contributed by atoms with Crippen LogP contribution in [0.4, 0.5) is 5.69 Å². The highest BCUT2D eigenvalue weighted by molar-refractivity contribution is 14.1. The Morgan fingerprint density at radius 2 is 1.78 bits per heavy atom. The number of ether oxygens (including phenoxy) is 1. The molecule has 0 bridgehead atoms. The van der Waals surface area contributed by atoms with E-state index in [2.05, 4.69) is 34.8 Å². The first-order valence-corrected chi connectivity index (χ1v) is 9.07. The Labute approximate surface area is 151 Å². The quantitative estimate of drug-likeness (QED) is 0.450. The van der Waals surface area contributed by atoms with E-state index in [-0.39, 0.29) is 5.91 Å². The second-order valence-electron chi connectivity index (χ2n) is 5.37. The van der Waals surface area contributed by atoms with E-state index in [9.17, 15) is 4.79 Å². The molecule has 23 heavy (non-hydrogen) atoms. The average molecular weight is 423 g/mol. The van der Waals surface area contributed by atoms with Gasteiger partial charge in [-0.3, -0.25) is 4.79 Å². The molecule has 2 aromatic carbocycles. The smallest absolute Gasteiger partial charge is 0.256 e. The fraction of sp³-hybridized carbons (Fsp3) is 0.316. The fourth-order valence-corrected chi connectivity index (χ4v) is 2.83. The molecule has 3 nitrogen and oxygen atoms in total. The SMILES string of the molecule is CCCCCCOc1ccc(NC(=O)c2ccccc2I)cc1. The van der Waals surface area contributed by atoms with Gasteiger partial charge < -0.3 is 10.1 Å². The lowest BCUT2D eigenvalue weighted by Gasteiger charge is -2.09. The van der Waals surface area contributed by atoms with Crippen LogP contribution in [0.5, 0.6) is 5.75 Å². The number of carbonyl (C=O) groups excluding carboxylic acids is 1. The van der Waals surface area contributed by atoms with Crippen molar-refractivity contribution < 1.29 is 9.53 Å². The standard InChI is InChI=1S/C19H22INO2/c1-2-3-4-7-14-23-16-12-10-15(11-13-16)21-19(22)17-8-5-6-9-18(17)20/h5-6,8-13H,2-4,7,14H2,1H3,(H,21,22). The third kappa shape index (κ3) is 5.86. The van der Waals surface area contributed by atoms with E-state index in [4.69, 9.17) is 4.74 Å². The lowest BCUT2D eigenvalue weighted by atomic mass is 10.2. The Morgan fingerprint density at radius 3 is 2.48 bits per heavy atom. The third-order valence-corrected chi connectivity index (χ3v) is 4.44. The summed E-state index contributed by atoms with van der Waals surface area (Å²) < 4.78 is 6.64. The molecule has 0 fully saturated rings. The molecule has 2 aromatic rings. The summed E-state index contributed by atoms with van der Waals surface area (Å²) in [7, 11) is 0. The van der Waals surface area contributed by atoms with Crippen LogP contribution in [-0.2, 0) is 0 Å². The number of hydrogen-bond acceptors (Lipinski definition) is 2. The fourth-order valence-electron chi connectivity index (χ4n) is 2.20. The van der Waals surface area contributed by atoms with Gasteiger partial charge in [0.25, 0.3) is 5.91 Å². The molecule has 0 aromatic heterocycles. The highest BCUT2D eigenvalue weighted by Gasteiger charge is 2.09. The van der Waals surface area contributed by atoms with Crippen molar-refractivity contribution in [2.75, 3.05) is 11.9 Å². The van der Waals surface area contributed by atoms with Gasteiger partial charge in [0, 0.05) is 9.26 Å². The Morgan fingerprint density at radius 1 is 1.04 bits per heavy atom. The Bertz CT molecular complexity index is 626. The van der Waals surface area contributed by atoms with Crippen LogP contribution in [0.2, 0.25) is 0 Å². The molecule has 0 atom stereocenters. The lowest BCUT2D eigenvalue weighted by molar-refractivity contribution is 0.102. The van der Waals surface area contributed by atoms with Crippen LogP contribution >= 0.6 is 22.6 Å². The van der Waals surface area contributed by atoms with Gasteiger partial charge in [-0.15, -0.1) is 0 Å². The number of benzene rings is 2. The highest BCUT2D eigenvalue weighted by atomic mass is 127. The second kappa shape index (κ2) is 9.55. The molecular weight excluding hydrogens is 401 g/mol. The monoisotopic (exact) mass is 423 g/mol. The van der Waals surface area contributed by atoms with Crippen molar-refractivity contribution >= 4 is 34.2 Å². The number of anilines is 1. The normalized spacial score (nSPS) is 10.3. The molecule has 2 rings (SSSR count). The molecule has 0 saturated heterocycles. The van der Waals surface area contributed by atoms with Crippen LogP contribution in [-0.4, -0.2) is 12.5 Å². The van der Waals surface area contributed by atoms with Gasteiger partial charge in [-0.2, -0.15) is 0 Å². The molecule has 1 N–H and O–H groups in total. The van der Waals surface area contributed by atoms with Crippen LogP contribution < -0.4 is 10.1 Å². The average Bonchev–Trinajstić information content (AvgIpc) is 2.56. The van der Waals surface area contributed by atoms with E-state index in [1.54, 1.807) is 0 Å². The number of rotatable bonds is 8. The first-order valence-electron chi connectivity index (χ1n) is 7.99. The van der Waals surface area contributed by atoms with Crippen LogP contribution in [0.25, 0.3) is 0 Å².